The summed E-state index contributed by atoms with van der Waals surface area (Å²) in [6, 6.07) is 5.01. The summed E-state index contributed by atoms with van der Waals surface area (Å²) in [7, 11) is 0. The first-order valence-corrected chi connectivity index (χ1v) is 6.49. The van der Waals surface area contributed by atoms with E-state index in [1.165, 1.54) is 4.90 Å². The van der Waals surface area contributed by atoms with Crippen LogP contribution in [0.25, 0.3) is 0 Å². The molecule has 0 aromatic heterocycles. The van der Waals surface area contributed by atoms with Gasteiger partial charge in [0.25, 0.3) is 0 Å². The van der Waals surface area contributed by atoms with Crippen molar-refractivity contribution in [2.75, 3.05) is 19.7 Å². The SMILES string of the molecule is CCOc1ccc(Cl)cc1CCN1C(=O)CNC1=O. The number of urea groups is 1. The summed E-state index contributed by atoms with van der Waals surface area (Å²) in [6.07, 6.45) is 0.523. The molecule has 1 fully saturated rings. The summed E-state index contributed by atoms with van der Waals surface area (Å²) in [5, 5.41) is 3.09. The van der Waals surface area contributed by atoms with Crippen molar-refractivity contribution in [3.05, 3.63) is 28.8 Å². The maximum absolute atomic E-state index is 11.5. The van der Waals surface area contributed by atoms with E-state index < -0.39 is 0 Å². The number of imide groups is 1. The molecule has 1 aromatic rings. The molecule has 3 amide bonds. The maximum atomic E-state index is 11.5. The maximum Gasteiger partial charge on any atom is 0.324 e. The lowest BCUT2D eigenvalue weighted by molar-refractivity contribution is -0.124. The van der Waals surface area contributed by atoms with Gasteiger partial charge in [-0.05, 0) is 37.1 Å². The summed E-state index contributed by atoms with van der Waals surface area (Å²) < 4.78 is 5.50. The van der Waals surface area contributed by atoms with Crippen LogP contribution in [-0.4, -0.2) is 36.5 Å². The molecule has 102 valence electrons. The molecule has 0 radical (unpaired) electrons. The molecule has 1 heterocycles. The Hall–Kier alpha value is -1.75. The molecule has 0 saturated carbocycles. The fourth-order valence-electron chi connectivity index (χ4n) is 1.95. The Labute approximate surface area is 116 Å². The fraction of sp³-hybridized carbons (Fsp3) is 0.385. The van der Waals surface area contributed by atoms with Crippen LogP contribution in [0.3, 0.4) is 0 Å². The molecule has 19 heavy (non-hydrogen) atoms. The van der Waals surface area contributed by atoms with Crippen LogP contribution in [0.5, 0.6) is 5.75 Å². The van der Waals surface area contributed by atoms with E-state index in [0.29, 0.717) is 24.6 Å². The number of nitrogens with one attached hydrogen (secondary N) is 1. The largest absolute Gasteiger partial charge is 0.494 e. The van der Waals surface area contributed by atoms with Gasteiger partial charge < -0.3 is 10.1 Å². The number of halogens is 1. The second-order valence-corrected chi connectivity index (χ2v) is 4.58. The van der Waals surface area contributed by atoms with Gasteiger partial charge in [-0.1, -0.05) is 11.6 Å². The number of benzene rings is 1. The van der Waals surface area contributed by atoms with Gasteiger partial charge in [-0.25, -0.2) is 4.79 Å². The molecule has 0 spiro atoms. The van der Waals surface area contributed by atoms with E-state index in [1.807, 2.05) is 6.92 Å². The third kappa shape index (κ3) is 3.17. The lowest BCUT2D eigenvalue weighted by Crippen LogP contribution is -2.32. The Morgan fingerprint density at radius 3 is 2.84 bits per heavy atom. The molecule has 5 nitrogen and oxygen atoms in total. The summed E-state index contributed by atoms with van der Waals surface area (Å²) >= 11 is 5.95. The Kier molecular flexibility index (Phi) is 4.27. The molecule has 1 aromatic carbocycles. The van der Waals surface area contributed by atoms with E-state index in [1.54, 1.807) is 18.2 Å². The van der Waals surface area contributed by atoms with E-state index in [9.17, 15) is 9.59 Å². The highest BCUT2D eigenvalue weighted by molar-refractivity contribution is 6.30. The van der Waals surface area contributed by atoms with Crippen LogP contribution in [0.4, 0.5) is 4.79 Å². The zero-order chi connectivity index (χ0) is 13.8. The van der Waals surface area contributed by atoms with Gasteiger partial charge >= 0.3 is 6.03 Å². The average molecular weight is 283 g/mol. The highest BCUT2D eigenvalue weighted by Gasteiger charge is 2.27. The molecule has 0 atom stereocenters. The van der Waals surface area contributed by atoms with Gasteiger partial charge in [0.1, 0.15) is 5.75 Å². The van der Waals surface area contributed by atoms with Crippen LogP contribution in [0.15, 0.2) is 18.2 Å². The average Bonchev–Trinajstić information content (AvgIpc) is 2.70. The molecule has 0 bridgehead atoms. The van der Waals surface area contributed by atoms with Gasteiger partial charge in [0.15, 0.2) is 0 Å². The number of ether oxygens (including phenoxy) is 1. The molecular formula is C13H15ClN2O3. The van der Waals surface area contributed by atoms with Gasteiger partial charge in [0.2, 0.25) is 5.91 Å². The van der Waals surface area contributed by atoms with Crippen LogP contribution in [-0.2, 0) is 11.2 Å². The fourth-order valence-corrected chi connectivity index (χ4v) is 2.15. The lowest BCUT2D eigenvalue weighted by atomic mass is 10.1. The van der Waals surface area contributed by atoms with Crippen LogP contribution < -0.4 is 10.1 Å². The molecule has 1 aliphatic heterocycles. The molecule has 2 rings (SSSR count). The topological polar surface area (TPSA) is 58.6 Å². The van der Waals surface area contributed by atoms with Crippen LogP contribution in [0.2, 0.25) is 5.02 Å². The summed E-state index contributed by atoms with van der Waals surface area (Å²) in [6.45, 7) is 2.85. The van der Waals surface area contributed by atoms with E-state index in [-0.39, 0.29) is 18.5 Å². The normalized spacial score (nSPS) is 14.7. The minimum absolute atomic E-state index is 0.0761. The molecular weight excluding hydrogens is 268 g/mol. The van der Waals surface area contributed by atoms with Crippen molar-refractivity contribution in [3.63, 3.8) is 0 Å². The standard InChI is InChI=1S/C13H15ClN2O3/c1-2-19-11-4-3-10(14)7-9(11)5-6-16-12(17)8-15-13(16)18/h3-4,7H,2,5-6,8H2,1H3,(H,15,18). The van der Waals surface area contributed by atoms with Crippen LogP contribution >= 0.6 is 11.6 Å². The number of carbonyl (C=O) groups is 2. The second-order valence-electron chi connectivity index (χ2n) is 4.14. The molecule has 1 saturated heterocycles. The minimum atomic E-state index is -0.343. The van der Waals surface area contributed by atoms with Crippen molar-refractivity contribution in [1.29, 1.82) is 0 Å². The Bertz CT molecular complexity index is 489. The molecule has 1 aliphatic rings. The van der Waals surface area contributed by atoms with Gasteiger partial charge in [0.05, 0.1) is 13.2 Å². The number of hydrogen-bond donors (Lipinski definition) is 1. The summed E-state index contributed by atoms with van der Waals surface area (Å²) in [5.41, 5.74) is 0.891. The van der Waals surface area contributed by atoms with Gasteiger partial charge in [-0.2, -0.15) is 0 Å². The Morgan fingerprint density at radius 1 is 1.42 bits per heavy atom. The van der Waals surface area contributed by atoms with Crippen LogP contribution in [0, 0.1) is 0 Å². The van der Waals surface area contributed by atoms with Crippen molar-refractivity contribution in [2.24, 2.45) is 0 Å². The van der Waals surface area contributed by atoms with Crippen molar-refractivity contribution in [1.82, 2.24) is 10.2 Å². The van der Waals surface area contributed by atoms with Gasteiger partial charge in [-0.3, -0.25) is 9.69 Å². The Morgan fingerprint density at radius 2 is 2.21 bits per heavy atom. The first-order valence-electron chi connectivity index (χ1n) is 6.11. The number of carbonyl (C=O) groups excluding carboxylic acids is 2. The number of hydrogen-bond acceptors (Lipinski definition) is 3. The zero-order valence-corrected chi connectivity index (χ0v) is 11.4. The van der Waals surface area contributed by atoms with Gasteiger partial charge in [0, 0.05) is 11.6 Å². The van der Waals surface area contributed by atoms with Crippen LogP contribution in [0.1, 0.15) is 12.5 Å². The van der Waals surface area contributed by atoms with Crippen molar-refractivity contribution in [2.45, 2.75) is 13.3 Å². The van der Waals surface area contributed by atoms with E-state index >= 15 is 0 Å². The number of amides is 3. The summed E-state index contributed by atoms with van der Waals surface area (Å²) in [4.78, 5) is 24.1. The zero-order valence-electron chi connectivity index (χ0n) is 10.6. The first-order chi connectivity index (χ1) is 9.11. The van der Waals surface area contributed by atoms with Gasteiger partial charge in [-0.15, -0.1) is 0 Å². The quantitative estimate of drug-likeness (QED) is 0.838. The Balaban J connectivity index is 2.08. The van der Waals surface area contributed by atoms with Crippen molar-refractivity contribution >= 4 is 23.5 Å². The lowest BCUT2D eigenvalue weighted by Gasteiger charge is -2.14. The molecule has 0 aliphatic carbocycles. The highest BCUT2D eigenvalue weighted by atomic mass is 35.5. The predicted octanol–water partition coefficient (Wildman–Crippen LogP) is 1.83. The minimum Gasteiger partial charge on any atom is -0.494 e. The third-order valence-corrected chi connectivity index (χ3v) is 3.10. The second kappa shape index (κ2) is 5.93. The first kappa shape index (κ1) is 13.7. The van der Waals surface area contributed by atoms with E-state index in [2.05, 4.69) is 5.32 Å². The molecule has 6 heteroatoms. The molecule has 0 unspecified atom stereocenters. The molecule has 1 N–H and O–H groups in total. The smallest absolute Gasteiger partial charge is 0.324 e. The monoisotopic (exact) mass is 282 g/mol. The summed E-state index contributed by atoms with van der Waals surface area (Å²) in [5.74, 6) is 0.531. The van der Waals surface area contributed by atoms with E-state index in [0.717, 1.165) is 11.3 Å². The van der Waals surface area contributed by atoms with Crippen molar-refractivity contribution in [3.8, 4) is 5.75 Å². The predicted molar refractivity (Wildman–Crippen MR) is 71.4 cm³/mol. The van der Waals surface area contributed by atoms with Crippen molar-refractivity contribution < 1.29 is 14.3 Å². The third-order valence-electron chi connectivity index (χ3n) is 2.86. The number of rotatable bonds is 5. The number of nitrogens with zero attached hydrogens (tertiary/aromatic N) is 1. The highest BCUT2D eigenvalue weighted by Crippen LogP contribution is 2.23. The van der Waals surface area contributed by atoms with E-state index in [4.69, 9.17) is 16.3 Å².